The van der Waals surface area contributed by atoms with Gasteiger partial charge in [0, 0.05) is 48.3 Å². The first kappa shape index (κ1) is 23.5. The van der Waals surface area contributed by atoms with Gasteiger partial charge >= 0.3 is 0 Å². The van der Waals surface area contributed by atoms with Crippen molar-refractivity contribution in [3.63, 3.8) is 0 Å². The van der Waals surface area contributed by atoms with Crippen molar-refractivity contribution in [3.8, 4) is 0 Å². The Labute approximate surface area is 206 Å². The maximum Gasteiger partial charge on any atom is 0.232 e. The molecular weight excluding hydrogens is 450 g/mol. The normalized spacial score (nSPS) is 26.8. The Morgan fingerprint density at radius 2 is 1.85 bits per heavy atom. The molecule has 3 aliphatic rings. The van der Waals surface area contributed by atoms with Crippen molar-refractivity contribution in [2.75, 3.05) is 24.5 Å². The summed E-state index contributed by atoms with van der Waals surface area (Å²) in [6.45, 7) is 8.47. The van der Waals surface area contributed by atoms with Crippen LogP contribution in [0.25, 0.3) is 0 Å². The van der Waals surface area contributed by atoms with E-state index in [0.29, 0.717) is 24.0 Å². The third kappa shape index (κ3) is 4.30. The van der Waals surface area contributed by atoms with Gasteiger partial charge in [-0.3, -0.25) is 4.79 Å². The van der Waals surface area contributed by atoms with Gasteiger partial charge in [0.1, 0.15) is 12.1 Å². The zero-order valence-corrected chi connectivity index (χ0v) is 20.9. The van der Waals surface area contributed by atoms with Crippen molar-refractivity contribution in [1.29, 1.82) is 0 Å². The molecule has 2 fully saturated rings. The predicted octanol–water partition coefficient (Wildman–Crippen LogP) is 3.63. The molecule has 2 aromatic rings. The van der Waals surface area contributed by atoms with Gasteiger partial charge in [0.25, 0.3) is 0 Å². The summed E-state index contributed by atoms with van der Waals surface area (Å²) in [4.78, 5) is 27.4. The number of amides is 1. The molecule has 7 nitrogen and oxygen atoms in total. The molecule has 1 amide bonds. The molecule has 5 rings (SSSR count). The highest BCUT2D eigenvalue weighted by Crippen LogP contribution is 2.44. The van der Waals surface area contributed by atoms with Crippen LogP contribution in [0.4, 0.5) is 5.82 Å². The third-order valence-corrected chi connectivity index (χ3v) is 7.87. The molecule has 0 saturated carbocycles. The second-order valence-electron chi connectivity index (χ2n) is 10.4. The Hall–Kier alpha value is -2.22. The second kappa shape index (κ2) is 9.44. The van der Waals surface area contributed by atoms with Gasteiger partial charge in [-0.05, 0) is 42.9 Å². The molecule has 8 heteroatoms. The quantitative estimate of drug-likeness (QED) is 0.653. The molecule has 2 unspecified atom stereocenters. The van der Waals surface area contributed by atoms with Crippen LogP contribution < -0.4 is 10.2 Å². The number of rotatable bonds is 6. The Morgan fingerprint density at radius 1 is 1.18 bits per heavy atom. The second-order valence-corrected chi connectivity index (χ2v) is 10.8. The van der Waals surface area contributed by atoms with E-state index in [1.807, 2.05) is 24.3 Å². The van der Waals surface area contributed by atoms with Crippen LogP contribution in [0.1, 0.15) is 74.8 Å². The van der Waals surface area contributed by atoms with Gasteiger partial charge in [-0.15, -0.1) is 0 Å². The Kier molecular flexibility index (Phi) is 6.53. The minimum absolute atomic E-state index is 0.160. The predicted molar refractivity (Wildman–Crippen MR) is 133 cm³/mol. The molecule has 1 aromatic carbocycles. The first-order valence-electron chi connectivity index (χ1n) is 12.4. The lowest BCUT2D eigenvalue weighted by atomic mass is 9.95. The summed E-state index contributed by atoms with van der Waals surface area (Å²) >= 11 is 6.12. The zero-order valence-electron chi connectivity index (χ0n) is 20.1. The molecule has 3 heterocycles. The maximum absolute atomic E-state index is 14.0. The van der Waals surface area contributed by atoms with Crippen LogP contribution in [-0.2, 0) is 4.79 Å². The van der Waals surface area contributed by atoms with Crippen molar-refractivity contribution in [3.05, 3.63) is 52.4 Å². The van der Waals surface area contributed by atoms with Crippen LogP contribution >= 0.6 is 11.6 Å². The fraction of sp³-hybridized carbons (Fsp3) is 0.577. The topological polar surface area (TPSA) is 81.6 Å². The number of piperazine rings is 1. The molecule has 182 valence electrons. The van der Waals surface area contributed by atoms with Crippen LogP contribution in [0.15, 0.2) is 30.6 Å². The minimum Gasteiger partial charge on any atom is -0.387 e. The van der Waals surface area contributed by atoms with E-state index in [-0.39, 0.29) is 29.8 Å². The van der Waals surface area contributed by atoms with Crippen molar-refractivity contribution in [1.82, 2.24) is 20.2 Å². The highest BCUT2D eigenvalue weighted by molar-refractivity contribution is 6.30. The highest BCUT2D eigenvalue weighted by Gasteiger charge is 2.46. The van der Waals surface area contributed by atoms with Crippen LogP contribution in [0, 0.1) is 0 Å². The average Bonchev–Trinajstić information content (AvgIpc) is 3.25. The Bertz CT molecular complexity index is 1030. The fourth-order valence-corrected chi connectivity index (χ4v) is 6.09. The van der Waals surface area contributed by atoms with E-state index in [2.05, 4.69) is 45.9 Å². The number of carbonyl (C=O) groups excluding carboxylic acids is 1. The van der Waals surface area contributed by atoms with Gasteiger partial charge in [-0.25, -0.2) is 9.97 Å². The Morgan fingerprint density at radius 3 is 2.50 bits per heavy atom. The lowest BCUT2D eigenvalue weighted by molar-refractivity contribution is -0.136. The number of carbonyl (C=O) groups is 1. The molecule has 2 bridgehead atoms. The smallest absolute Gasteiger partial charge is 0.232 e. The van der Waals surface area contributed by atoms with Crippen molar-refractivity contribution < 1.29 is 9.90 Å². The minimum atomic E-state index is -0.514. The summed E-state index contributed by atoms with van der Waals surface area (Å²) in [5.41, 5.74) is 2.85. The third-order valence-electron chi connectivity index (χ3n) is 7.62. The van der Waals surface area contributed by atoms with Crippen molar-refractivity contribution in [2.24, 2.45) is 0 Å². The highest BCUT2D eigenvalue weighted by atomic mass is 35.5. The number of halogens is 1. The number of fused-ring (bicyclic) bond motifs is 3. The van der Waals surface area contributed by atoms with Crippen molar-refractivity contribution >= 4 is 23.3 Å². The number of nitrogens with zero attached hydrogens (tertiary/aromatic N) is 4. The molecule has 2 aliphatic heterocycles. The summed E-state index contributed by atoms with van der Waals surface area (Å²) < 4.78 is 0. The molecule has 5 atom stereocenters. The molecule has 1 aromatic heterocycles. The number of nitrogens with one attached hydrogen (secondary N) is 1. The molecule has 2 N–H and O–H groups in total. The van der Waals surface area contributed by atoms with Crippen LogP contribution in [0.3, 0.4) is 0 Å². The number of aliphatic hydroxyl groups is 1. The van der Waals surface area contributed by atoms with Crippen LogP contribution in [0.5, 0.6) is 0 Å². The Balaban J connectivity index is 1.38. The summed E-state index contributed by atoms with van der Waals surface area (Å²) in [6, 6.07) is 8.30. The van der Waals surface area contributed by atoms with Gasteiger partial charge in [0.2, 0.25) is 5.91 Å². The van der Waals surface area contributed by atoms with Crippen molar-refractivity contribution in [2.45, 2.75) is 76.1 Å². The van der Waals surface area contributed by atoms with E-state index >= 15 is 0 Å². The molecule has 2 saturated heterocycles. The fourth-order valence-electron chi connectivity index (χ4n) is 5.97. The number of hydrogen-bond acceptors (Lipinski definition) is 6. The average molecular weight is 484 g/mol. The van der Waals surface area contributed by atoms with Gasteiger partial charge in [0.05, 0.1) is 17.7 Å². The van der Waals surface area contributed by atoms with E-state index in [1.165, 1.54) is 0 Å². The first-order chi connectivity index (χ1) is 16.3. The van der Waals surface area contributed by atoms with Gasteiger partial charge < -0.3 is 20.2 Å². The summed E-state index contributed by atoms with van der Waals surface area (Å²) in [5, 5.41) is 14.6. The first-order valence-corrected chi connectivity index (χ1v) is 12.8. The van der Waals surface area contributed by atoms with Gasteiger partial charge in [-0.2, -0.15) is 0 Å². The maximum atomic E-state index is 14.0. The lowest BCUT2D eigenvalue weighted by Gasteiger charge is -2.43. The van der Waals surface area contributed by atoms with E-state index in [9.17, 15) is 9.90 Å². The number of hydrogen-bond donors (Lipinski definition) is 2. The number of benzene rings is 1. The zero-order chi connectivity index (χ0) is 24.0. The molecule has 0 spiro atoms. The summed E-state index contributed by atoms with van der Waals surface area (Å²) in [5.74, 6) is 1.12. The van der Waals surface area contributed by atoms with Crippen LogP contribution in [0.2, 0.25) is 5.02 Å². The number of aromatic nitrogens is 2. The standard InChI is InChI=1S/C26H34ClN5O2/c1-15(2)28-11-21(17-4-6-18(27)7-5-17)26(34)32-19-8-9-20(32)13-31(12-19)25-23-16(3)10-22(33)24(23)29-14-30-25/h4-7,14-16,19-22,28,33H,8-13H2,1-3H3/t16-,19?,20?,21-,22-/m1/s1. The van der Waals surface area contributed by atoms with Gasteiger partial charge in [-0.1, -0.05) is 44.5 Å². The number of aliphatic hydroxyl groups excluding tert-OH is 1. The van der Waals surface area contributed by atoms with E-state index in [1.54, 1.807) is 6.33 Å². The lowest BCUT2D eigenvalue weighted by Crippen LogP contribution is -2.58. The SMILES string of the molecule is CC(C)NC[C@@H](C(=O)N1C2CCC1CN(c1ncnc3c1[C@H](C)C[C@H]3O)C2)c1ccc(Cl)cc1. The number of anilines is 1. The monoisotopic (exact) mass is 483 g/mol. The largest absolute Gasteiger partial charge is 0.387 e. The van der Waals surface area contributed by atoms with E-state index in [0.717, 1.165) is 48.6 Å². The molecule has 34 heavy (non-hydrogen) atoms. The molecule has 1 aliphatic carbocycles. The van der Waals surface area contributed by atoms with Gasteiger partial charge in [0.15, 0.2) is 0 Å². The van der Waals surface area contributed by atoms with E-state index < -0.39 is 6.10 Å². The summed E-state index contributed by atoms with van der Waals surface area (Å²) in [6.07, 6.45) is 3.76. The molecule has 0 radical (unpaired) electrons. The van der Waals surface area contributed by atoms with Crippen LogP contribution in [-0.4, -0.2) is 63.6 Å². The summed E-state index contributed by atoms with van der Waals surface area (Å²) in [7, 11) is 0. The molecular formula is C26H34ClN5O2. The van der Waals surface area contributed by atoms with E-state index in [4.69, 9.17) is 11.6 Å².